The van der Waals surface area contributed by atoms with Crippen molar-refractivity contribution in [3.8, 4) is 6.07 Å². The van der Waals surface area contributed by atoms with E-state index in [0.717, 1.165) is 37.9 Å². The Morgan fingerprint density at radius 2 is 2.24 bits per heavy atom. The van der Waals surface area contributed by atoms with E-state index in [-0.39, 0.29) is 11.2 Å². The Kier molecular flexibility index (Phi) is 3.44. The smallest absolute Gasteiger partial charge is 0.123 e. The second-order valence-electron chi connectivity index (χ2n) is 5.01. The molecule has 0 bridgehead atoms. The highest BCUT2D eigenvalue weighted by Crippen LogP contribution is 2.45. The van der Waals surface area contributed by atoms with Crippen molar-refractivity contribution >= 4 is 0 Å². The van der Waals surface area contributed by atoms with Crippen LogP contribution in [-0.2, 0) is 6.42 Å². The van der Waals surface area contributed by atoms with Gasteiger partial charge in [0.2, 0.25) is 0 Å². The van der Waals surface area contributed by atoms with Crippen LogP contribution < -0.4 is 0 Å². The molecule has 0 atom stereocenters. The van der Waals surface area contributed by atoms with Crippen molar-refractivity contribution in [2.75, 3.05) is 20.1 Å². The first-order chi connectivity index (χ1) is 8.13. The molecule has 2 nitrogen and oxygen atoms in total. The normalized spacial score (nSPS) is 16.8. The number of rotatable bonds is 5. The van der Waals surface area contributed by atoms with Gasteiger partial charge in [-0.05, 0) is 44.0 Å². The van der Waals surface area contributed by atoms with Gasteiger partial charge in [-0.2, -0.15) is 5.26 Å². The van der Waals surface area contributed by atoms with Crippen LogP contribution in [0.3, 0.4) is 0 Å². The number of benzene rings is 1. The van der Waals surface area contributed by atoms with Crippen LogP contribution in [0.25, 0.3) is 0 Å². The van der Waals surface area contributed by atoms with E-state index in [2.05, 4.69) is 11.0 Å². The van der Waals surface area contributed by atoms with Crippen LogP contribution in [0.4, 0.5) is 4.39 Å². The molecule has 0 aliphatic heterocycles. The topological polar surface area (TPSA) is 27.0 Å². The maximum absolute atomic E-state index is 13.0. The Bertz CT molecular complexity index is 432. The van der Waals surface area contributed by atoms with E-state index >= 15 is 0 Å². The fourth-order valence-corrected chi connectivity index (χ4v) is 2.06. The zero-order valence-electron chi connectivity index (χ0n) is 10.1. The van der Waals surface area contributed by atoms with Crippen LogP contribution in [0.5, 0.6) is 0 Å². The van der Waals surface area contributed by atoms with Crippen LogP contribution in [0, 0.1) is 22.6 Å². The van der Waals surface area contributed by atoms with E-state index in [1.165, 1.54) is 6.07 Å². The molecular weight excluding hydrogens is 215 g/mol. The summed E-state index contributed by atoms with van der Waals surface area (Å²) >= 11 is 0. The monoisotopic (exact) mass is 232 g/mol. The van der Waals surface area contributed by atoms with E-state index in [1.807, 2.05) is 13.1 Å². The molecule has 0 amide bonds. The van der Waals surface area contributed by atoms with Crippen molar-refractivity contribution < 1.29 is 4.39 Å². The van der Waals surface area contributed by atoms with E-state index in [4.69, 9.17) is 5.26 Å². The number of nitriles is 1. The molecule has 1 aliphatic rings. The zero-order chi connectivity index (χ0) is 12.3. The second kappa shape index (κ2) is 4.85. The van der Waals surface area contributed by atoms with Crippen LogP contribution >= 0.6 is 0 Å². The summed E-state index contributed by atoms with van der Waals surface area (Å²) in [6.45, 7) is 1.70. The number of halogens is 1. The maximum Gasteiger partial charge on any atom is 0.123 e. The van der Waals surface area contributed by atoms with Gasteiger partial charge in [-0.1, -0.05) is 12.1 Å². The van der Waals surface area contributed by atoms with Gasteiger partial charge in [0, 0.05) is 13.1 Å². The molecule has 1 aliphatic carbocycles. The van der Waals surface area contributed by atoms with Crippen molar-refractivity contribution in [1.82, 2.24) is 4.90 Å². The van der Waals surface area contributed by atoms with E-state index < -0.39 is 0 Å². The van der Waals surface area contributed by atoms with Crippen molar-refractivity contribution in [3.63, 3.8) is 0 Å². The van der Waals surface area contributed by atoms with Crippen molar-refractivity contribution in [3.05, 3.63) is 35.6 Å². The van der Waals surface area contributed by atoms with Gasteiger partial charge in [0.25, 0.3) is 0 Å². The largest absolute Gasteiger partial charge is 0.304 e. The molecule has 2 rings (SSSR count). The zero-order valence-corrected chi connectivity index (χ0v) is 10.1. The standard InChI is InChI=1S/C14H17FN2/c1-17(11-14(10-16)6-7-14)8-5-12-3-2-4-13(15)9-12/h2-4,9H,5-8,11H2,1H3. The molecule has 90 valence electrons. The van der Waals surface area contributed by atoms with Gasteiger partial charge in [0.1, 0.15) is 5.82 Å². The highest BCUT2D eigenvalue weighted by Gasteiger charge is 2.43. The Labute approximate surface area is 102 Å². The number of hydrogen-bond acceptors (Lipinski definition) is 2. The van der Waals surface area contributed by atoms with E-state index in [1.54, 1.807) is 12.1 Å². The lowest BCUT2D eigenvalue weighted by atomic mass is 10.1. The van der Waals surface area contributed by atoms with Gasteiger partial charge in [-0.3, -0.25) is 0 Å². The highest BCUT2D eigenvalue weighted by molar-refractivity contribution is 5.17. The molecule has 0 saturated heterocycles. The molecule has 0 radical (unpaired) electrons. The predicted molar refractivity (Wildman–Crippen MR) is 64.9 cm³/mol. The molecule has 3 heteroatoms. The van der Waals surface area contributed by atoms with Gasteiger partial charge in [-0.25, -0.2) is 4.39 Å². The molecular formula is C14H17FN2. The minimum absolute atomic E-state index is 0.0866. The maximum atomic E-state index is 13.0. The van der Waals surface area contributed by atoms with E-state index in [0.29, 0.717) is 0 Å². The first-order valence-electron chi connectivity index (χ1n) is 5.98. The van der Waals surface area contributed by atoms with Crippen LogP contribution in [0.2, 0.25) is 0 Å². The first-order valence-corrected chi connectivity index (χ1v) is 5.98. The number of hydrogen-bond donors (Lipinski definition) is 0. The molecule has 0 spiro atoms. The Hall–Kier alpha value is -1.40. The average molecular weight is 232 g/mol. The third-order valence-corrected chi connectivity index (χ3v) is 3.33. The fourth-order valence-electron chi connectivity index (χ4n) is 2.06. The summed E-state index contributed by atoms with van der Waals surface area (Å²) in [6, 6.07) is 9.10. The Morgan fingerprint density at radius 3 is 2.82 bits per heavy atom. The van der Waals surface area contributed by atoms with Crippen LogP contribution in [-0.4, -0.2) is 25.0 Å². The Balaban J connectivity index is 1.80. The lowest BCUT2D eigenvalue weighted by Crippen LogP contribution is -2.28. The van der Waals surface area contributed by atoms with Gasteiger partial charge in [0.05, 0.1) is 11.5 Å². The SMILES string of the molecule is CN(CCc1cccc(F)c1)CC1(C#N)CC1. The van der Waals surface area contributed by atoms with Crippen LogP contribution in [0.1, 0.15) is 18.4 Å². The van der Waals surface area contributed by atoms with Gasteiger partial charge in [0.15, 0.2) is 0 Å². The lowest BCUT2D eigenvalue weighted by molar-refractivity contribution is 0.297. The third-order valence-electron chi connectivity index (χ3n) is 3.33. The van der Waals surface area contributed by atoms with Gasteiger partial charge in [-0.15, -0.1) is 0 Å². The molecule has 0 aromatic heterocycles. The fraction of sp³-hybridized carbons (Fsp3) is 0.500. The average Bonchev–Trinajstić information content (AvgIpc) is 3.07. The van der Waals surface area contributed by atoms with Crippen molar-refractivity contribution in [2.24, 2.45) is 5.41 Å². The molecule has 1 saturated carbocycles. The third kappa shape index (κ3) is 3.28. The molecule has 1 aromatic rings. The van der Waals surface area contributed by atoms with Crippen molar-refractivity contribution in [2.45, 2.75) is 19.3 Å². The van der Waals surface area contributed by atoms with Gasteiger partial charge < -0.3 is 4.90 Å². The molecule has 17 heavy (non-hydrogen) atoms. The summed E-state index contributed by atoms with van der Waals surface area (Å²) in [5, 5.41) is 9.00. The summed E-state index contributed by atoms with van der Waals surface area (Å²) in [4.78, 5) is 2.17. The summed E-state index contributed by atoms with van der Waals surface area (Å²) < 4.78 is 13.0. The molecule has 0 heterocycles. The molecule has 1 fully saturated rings. The molecule has 1 aromatic carbocycles. The second-order valence-corrected chi connectivity index (χ2v) is 5.01. The van der Waals surface area contributed by atoms with Gasteiger partial charge >= 0.3 is 0 Å². The quantitative estimate of drug-likeness (QED) is 0.780. The minimum Gasteiger partial charge on any atom is -0.304 e. The highest BCUT2D eigenvalue weighted by atomic mass is 19.1. The predicted octanol–water partition coefficient (Wildman–Crippen LogP) is 2.60. The summed E-state index contributed by atoms with van der Waals surface area (Å²) in [5.74, 6) is -0.180. The summed E-state index contributed by atoms with van der Waals surface area (Å²) in [5.41, 5.74) is 0.926. The first kappa shape index (κ1) is 12.1. The Morgan fingerprint density at radius 1 is 1.47 bits per heavy atom. The number of nitrogens with zero attached hydrogens (tertiary/aromatic N) is 2. The minimum atomic E-state index is -0.180. The summed E-state index contributed by atoms with van der Waals surface area (Å²) in [7, 11) is 2.02. The summed E-state index contributed by atoms with van der Waals surface area (Å²) in [6.07, 6.45) is 2.87. The lowest BCUT2D eigenvalue weighted by Gasteiger charge is -2.19. The van der Waals surface area contributed by atoms with Crippen molar-refractivity contribution in [1.29, 1.82) is 5.26 Å². The van der Waals surface area contributed by atoms with Crippen LogP contribution in [0.15, 0.2) is 24.3 Å². The molecule has 0 N–H and O–H groups in total. The molecule has 0 unspecified atom stereocenters. The van der Waals surface area contributed by atoms with E-state index in [9.17, 15) is 4.39 Å². The number of likely N-dealkylation sites (N-methyl/N-ethyl adjacent to an activating group) is 1.